The number of unbranched alkanes of at least 4 members (excludes halogenated alkanes) is 15. The summed E-state index contributed by atoms with van der Waals surface area (Å²) < 4.78 is 46.7. The number of fused-ring (bicyclic) bond motifs is 1. The first-order chi connectivity index (χ1) is 21.7. The average molecular weight is 630 g/mol. The van der Waals surface area contributed by atoms with Gasteiger partial charge in [-0.2, -0.15) is 13.2 Å². The van der Waals surface area contributed by atoms with Gasteiger partial charge < -0.3 is 9.84 Å². The molecule has 246 valence electrons. The molecule has 0 aromatic heterocycles. The molecular formula is C35H46F3N3O4. The Morgan fingerprint density at radius 1 is 0.733 bits per heavy atom. The highest BCUT2D eigenvalue weighted by Gasteiger charge is 2.35. The molecule has 0 aliphatic rings. The molecular weight excluding hydrogens is 583 g/mol. The van der Waals surface area contributed by atoms with Crippen molar-refractivity contribution in [2.45, 2.75) is 116 Å². The molecule has 0 saturated carbocycles. The van der Waals surface area contributed by atoms with Crippen LogP contribution in [0, 0.1) is 10.1 Å². The van der Waals surface area contributed by atoms with Gasteiger partial charge in [-0.25, -0.2) is 0 Å². The molecule has 0 aliphatic carbocycles. The van der Waals surface area contributed by atoms with Crippen molar-refractivity contribution in [3.63, 3.8) is 0 Å². The van der Waals surface area contributed by atoms with Gasteiger partial charge in [0.1, 0.15) is 0 Å². The van der Waals surface area contributed by atoms with Gasteiger partial charge in [0.15, 0.2) is 11.5 Å². The van der Waals surface area contributed by atoms with Crippen molar-refractivity contribution in [2.24, 2.45) is 10.2 Å². The summed E-state index contributed by atoms with van der Waals surface area (Å²) in [5.74, 6) is 0.0933. The summed E-state index contributed by atoms with van der Waals surface area (Å²) in [5, 5.41) is 30.6. The molecule has 0 aliphatic heterocycles. The number of benzene rings is 3. The highest BCUT2D eigenvalue weighted by molar-refractivity contribution is 5.98. The van der Waals surface area contributed by atoms with Crippen LogP contribution < -0.4 is 4.74 Å². The summed E-state index contributed by atoms with van der Waals surface area (Å²) in [5.41, 5.74) is -2.30. The number of aromatic hydroxyl groups is 1. The molecule has 0 atom stereocenters. The molecule has 3 aromatic carbocycles. The fourth-order valence-corrected chi connectivity index (χ4v) is 5.40. The van der Waals surface area contributed by atoms with Crippen molar-refractivity contribution >= 4 is 27.8 Å². The Hall–Kier alpha value is -3.69. The van der Waals surface area contributed by atoms with Gasteiger partial charge in [-0.3, -0.25) is 10.1 Å². The van der Waals surface area contributed by atoms with Crippen molar-refractivity contribution in [1.82, 2.24) is 0 Å². The summed E-state index contributed by atoms with van der Waals surface area (Å²) in [6.07, 6.45) is 15.3. The van der Waals surface area contributed by atoms with Gasteiger partial charge in [-0.15, -0.1) is 10.2 Å². The lowest BCUT2D eigenvalue weighted by molar-refractivity contribution is -0.385. The number of halogens is 3. The van der Waals surface area contributed by atoms with Gasteiger partial charge >= 0.3 is 6.18 Å². The molecule has 10 heteroatoms. The van der Waals surface area contributed by atoms with Gasteiger partial charge in [0.25, 0.3) is 5.69 Å². The topological polar surface area (TPSA) is 97.3 Å². The van der Waals surface area contributed by atoms with Crippen LogP contribution in [0.2, 0.25) is 0 Å². The maximum Gasteiger partial charge on any atom is 0.418 e. The van der Waals surface area contributed by atoms with E-state index in [0.29, 0.717) is 23.4 Å². The average Bonchev–Trinajstić information content (AvgIpc) is 3.02. The standard InChI is InChI=1S/C35H46F3N3O4/c1-2-3-4-5-6-7-8-9-10-11-12-13-14-15-16-19-24-45-33-26-32(28-20-17-18-21-29(28)34(33)42)40-39-31-23-22-27(41(43)44)25-30(31)35(36,37)38/h17-18,20-23,25-26,42H,2-16,19,24H2,1H3/b40-39+. The van der Waals surface area contributed by atoms with E-state index in [1.165, 1.54) is 89.5 Å². The Morgan fingerprint density at radius 2 is 1.24 bits per heavy atom. The second-order valence-electron chi connectivity index (χ2n) is 11.6. The van der Waals surface area contributed by atoms with E-state index in [0.717, 1.165) is 31.4 Å². The van der Waals surface area contributed by atoms with Crippen LogP contribution in [0.25, 0.3) is 10.8 Å². The van der Waals surface area contributed by atoms with Crippen molar-refractivity contribution in [1.29, 1.82) is 0 Å². The number of nitro groups is 1. The lowest BCUT2D eigenvalue weighted by atomic mass is 10.0. The van der Waals surface area contributed by atoms with Crippen LogP contribution in [0.3, 0.4) is 0 Å². The normalized spacial score (nSPS) is 11.9. The molecule has 0 radical (unpaired) electrons. The van der Waals surface area contributed by atoms with Gasteiger partial charge in [-0.05, 0) is 12.5 Å². The number of nitrogens with zero attached hydrogens (tertiary/aromatic N) is 3. The number of alkyl halides is 3. The largest absolute Gasteiger partial charge is 0.504 e. The van der Waals surface area contributed by atoms with Gasteiger partial charge in [0, 0.05) is 29.0 Å². The van der Waals surface area contributed by atoms with Crippen molar-refractivity contribution in [3.8, 4) is 11.5 Å². The third kappa shape index (κ3) is 12.0. The summed E-state index contributed by atoms with van der Waals surface area (Å²) >= 11 is 0. The number of phenols is 1. The van der Waals surface area contributed by atoms with E-state index in [9.17, 15) is 28.4 Å². The molecule has 0 amide bonds. The first kappa shape index (κ1) is 35.8. The Labute approximate surface area is 264 Å². The summed E-state index contributed by atoms with van der Waals surface area (Å²) in [6.45, 7) is 2.63. The second-order valence-corrected chi connectivity index (χ2v) is 11.6. The van der Waals surface area contributed by atoms with Crippen LogP contribution in [-0.2, 0) is 6.18 Å². The number of phenolic OH excluding ortho intramolecular Hbond substituents is 1. The molecule has 0 bridgehead atoms. The maximum atomic E-state index is 13.6. The summed E-state index contributed by atoms with van der Waals surface area (Å²) in [7, 11) is 0. The number of ether oxygens (including phenoxy) is 1. The fourth-order valence-electron chi connectivity index (χ4n) is 5.40. The van der Waals surface area contributed by atoms with E-state index < -0.39 is 28.0 Å². The highest BCUT2D eigenvalue weighted by atomic mass is 19.4. The van der Waals surface area contributed by atoms with Crippen molar-refractivity contribution in [3.05, 3.63) is 64.2 Å². The monoisotopic (exact) mass is 629 g/mol. The van der Waals surface area contributed by atoms with E-state index in [4.69, 9.17) is 4.74 Å². The molecule has 0 unspecified atom stereocenters. The van der Waals surface area contributed by atoms with Crippen LogP contribution >= 0.6 is 0 Å². The first-order valence-corrected chi connectivity index (χ1v) is 16.4. The van der Waals surface area contributed by atoms with Crippen LogP contribution in [0.5, 0.6) is 11.5 Å². The number of hydrogen-bond acceptors (Lipinski definition) is 6. The number of non-ortho nitro benzene ring substituents is 1. The SMILES string of the molecule is CCCCCCCCCCCCCCCCCCOc1cc(/N=N/c2ccc([N+](=O)[O-])cc2C(F)(F)F)c2ccccc2c1O. The third-order valence-electron chi connectivity index (χ3n) is 7.98. The van der Waals surface area contributed by atoms with Gasteiger partial charge in [-0.1, -0.05) is 128 Å². The zero-order valence-electron chi connectivity index (χ0n) is 26.3. The van der Waals surface area contributed by atoms with E-state index in [2.05, 4.69) is 17.2 Å². The predicted octanol–water partition coefficient (Wildman–Crippen LogP) is 12.5. The van der Waals surface area contributed by atoms with Gasteiger partial charge in [0.2, 0.25) is 0 Å². The summed E-state index contributed by atoms with van der Waals surface area (Å²) in [6, 6.07) is 10.5. The lowest BCUT2D eigenvalue weighted by Gasteiger charge is -2.12. The minimum Gasteiger partial charge on any atom is -0.504 e. The van der Waals surface area contributed by atoms with E-state index in [1.807, 2.05) is 0 Å². The lowest BCUT2D eigenvalue weighted by Crippen LogP contribution is -2.06. The van der Waals surface area contributed by atoms with E-state index in [-0.39, 0.29) is 17.2 Å². The van der Waals surface area contributed by atoms with Crippen LogP contribution in [0.4, 0.5) is 30.2 Å². The number of nitro benzene ring substituents is 1. The molecule has 3 aromatic rings. The zero-order valence-corrected chi connectivity index (χ0v) is 26.3. The Bertz CT molecular complexity index is 1380. The van der Waals surface area contributed by atoms with Crippen LogP contribution in [0.1, 0.15) is 115 Å². The second kappa shape index (κ2) is 19.0. The highest BCUT2D eigenvalue weighted by Crippen LogP contribution is 2.43. The Balaban J connectivity index is 1.47. The molecule has 3 rings (SSSR count). The predicted molar refractivity (Wildman–Crippen MR) is 173 cm³/mol. The van der Waals surface area contributed by atoms with Crippen molar-refractivity contribution in [2.75, 3.05) is 6.61 Å². The third-order valence-corrected chi connectivity index (χ3v) is 7.98. The number of azo groups is 1. The molecule has 0 saturated heterocycles. The fraction of sp³-hybridized carbons (Fsp3) is 0.543. The summed E-state index contributed by atoms with van der Waals surface area (Å²) in [4.78, 5) is 10.1. The molecule has 45 heavy (non-hydrogen) atoms. The smallest absolute Gasteiger partial charge is 0.418 e. The van der Waals surface area contributed by atoms with E-state index >= 15 is 0 Å². The number of rotatable bonds is 21. The first-order valence-electron chi connectivity index (χ1n) is 16.4. The van der Waals surface area contributed by atoms with Crippen LogP contribution in [-0.4, -0.2) is 16.6 Å². The molecule has 1 N–H and O–H groups in total. The molecule has 0 heterocycles. The van der Waals surface area contributed by atoms with Crippen molar-refractivity contribution < 1.29 is 27.9 Å². The molecule has 0 spiro atoms. The minimum atomic E-state index is -4.86. The molecule has 7 nitrogen and oxygen atoms in total. The Kier molecular flexibility index (Phi) is 15.1. The maximum absolute atomic E-state index is 13.6. The minimum absolute atomic E-state index is 0.0765. The van der Waals surface area contributed by atoms with Crippen LogP contribution in [0.15, 0.2) is 58.8 Å². The zero-order chi connectivity index (χ0) is 32.5. The quantitative estimate of drug-likeness (QED) is 0.0548. The molecule has 0 fully saturated rings. The van der Waals surface area contributed by atoms with Gasteiger partial charge in [0.05, 0.1) is 28.5 Å². The Morgan fingerprint density at radius 3 is 1.78 bits per heavy atom. The van der Waals surface area contributed by atoms with E-state index in [1.54, 1.807) is 24.3 Å². The number of hydrogen-bond donors (Lipinski definition) is 1.